The van der Waals surface area contributed by atoms with Crippen LogP contribution in [0.25, 0.3) is 0 Å². The van der Waals surface area contributed by atoms with Gasteiger partial charge < -0.3 is 20.5 Å². The van der Waals surface area contributed by atoms with Gasteiger partial charge in [-0.2, -0.15) is 0 Å². The number of ether oxygens (including phenoxy) is 1. The molecule has 2 aromatic carbocycles. The molecule has 3 atom stereocenters. The van der Waals surface area contributed by atoms with Gasteiger partial charge in [-0.25, -0.2) is 0 Å². The van der Waals surface area contributed by atoms with Crippen LogP contribution in [0.5, 0.6) is 0 Å². The summed E-state index contributed by atoms with van der Waals surface area (Å²) in [5.41, 5.74) is 1.52. The molecule has 0 spiro atoms. The Labute approximate surface area is 206 Å². The lowest BCUT2D eigenvalue weighted by Crippen LogP contribution is -2.60. The van der Waals surface area contributed by atoms with E-state index in [1.807, 2.05) is 44.2 Å². The molecule has 186 valence electrons. The van der Waals surface area contributed by atoms with Gasteiger partial charge >= 0.3 is 0 Å². The highest BCUT2D eigenvalue weighted by molar-refractivity contribution is 5.99. The Morgan fingerprint density at radius 3 is 2.69 bits per heavy atom. The van der Waals surface area contributed by atoms with Crippen LogP contribution in [0.15, 0.2) is 48.5 Å². The molecule has 4 N–H and O–H groups in total. The van der Waals surface area contributed by atoms with E-state index in [0.29, 0.717) is 25.0 Å². The van der Waals surface area contributed by atoms with Gasteiger partial charge in [0.05, 0.1) is 17.7 Å². The first-order valence-electron chi connectivity index (χ1n) is 11.9. The average molecular weight is 479 g/mol. The van der Waals surface area contributed by atoms with Gasteiger partial charge in [-0.05, 0) is 56.0 Å². The molecule has 0 saturated carbocycles. The lowest BCUT2D eigenvalue weighted by atomic mass is 9.93. The summed E-state index contributed by atoms with van der Waals surface area (Å²) in [6.45, 7) is 5.91. The van der Waals surface area contributed by atoms with Crippen molar-refractivity contribution < 1.29 is 19.4 Å². The lowest BCUT2D eigenvalue weighted by Gasteiger charge is -2.42. The molecule has 0 bridgehead atoms. The summed E-state index contributed by atoms with van der Waals surface area (Å²) in [6, 6.07) is 13.9. The molecule has 2 aromatic rings. The summed E-state index contributed by atoms with van der Waals surface area (Å²) >= 11 is 0. The zero-order valence-corrected chi connectivity index (χ0v) is 20.7. The molecule has 2 aliphatic rings. The van der Waals surface area contributed by atoms with E-state index in [1.165, 1.54) is 4.90 Å². The van der Waals surface area contributed by atoms with E-state index in [9.17, 15) is 14.7 Å². The number of benzene rings is 2. The van der Waals surface area contributed by atoms with Gasteiger partial charge in [0.1, 0.15) is 0 Å². The number of carbonyl (C=O) groups excluding carboxylic acids is 2. The minimum absolute atomic E-state index is 0.0424. The number of aliphatic hydroxyl groups is 1. The number of carbonyl (C=O) groups is 2. The van der Waals surface area contributed by atoms with E-state index in [1.54, 1.807) is 32.2 Å². The smallest absolute Gasteiger partial charge is 0.251 e. The number of nitrogens with one attached hydrogen (secondary N) is 3. The van der Waals surface area contributed by atoms with Crippen LogP contribution in [0.2, 0.25) is 0 Å². The Morgan fingerprint density at radius 1 is 1.23 bits per heavy atom. The van der Waals surface area contributed by atoms with Crippen LogP contribution in [0.4, 0.5) is 0 Å². The first kappa shape index (κ1) is 24.9. The maximum absolute atomic E-state index is 13.3. The molecule has 1 aliphatic heterocycles. The Balaban J connectivity index is 1.60. The monoisotopic (exact) mass is 478 g/mol. The van der Waals surface area contributed by atoms with Crippen LogP contribution in [0.3, 0.4) is 0 Å². The van der Waals surface area contributed by atoms with E-state index in [-0.39, 0.29) is 24.2 Å². The third kappa shape index (κ3) is 5.09. The number of hydrogen-bond acceptors (Lipinski definition) is 5. The Bertz CT molecular complexity index is 1120. The second kappa shape index (κ2) is 9.43. The molecule has 0 aromatic heterocycles. The molecule has 4 rings (SSSR count). The van der Waals surface area contributed by atoms with Gasteiger partial charge in [-0.15, -0.1) is 0 Å². The molecular formula is C27H34N4O4. The van der Waals surface area contributed by atoms with E-state index in [2.05, 4.69) is 10.6 Å². The molecule has 1 aliphatic carbocycles. The van der Waals surface area contributed by atoms with Crippen molar-refractivity contribution in [2.24, 2.45) is 0 Å². The maximum Gasteiger partial charge on any atom is 0.251 e. The fourth-order valence-corrected chi connectivity index (χ4v) is 5.15. The number of hydrogen-bond donors (Lipinski definition) is 4. The quantitative estimate of drug-likeness (QED) is 0.488. The molecule has 0 radical (unpaired) electrons. The number of guanidine groups is 1. The third-order valence-corrected chi connectivity index (χ3v) is 6.81. The van der Waals surface area contributed by atoms with Crippen molar-refractivity contribution in [3.63, 3.8) is 0 Å². The zero-order valence-electron chi connectivity index (χ0n) is 20.7. The fraction of sp³-hybridized carbons (Fsp3) is 0.444. The van der Waals surface area contributed by atoms with Crippen molar-refractivity contribution in [3.05, 3.63) is 70.8 Å². The van der Waals surface area contributed by atoms with Crippen molar-refractivity contribution in [1.29, 1.82) is 5.41 Å². The van der Waals surface area contributed by atoms with Gasteiger partial charge in [0, 0.05) is 37.7 Å². The van der Waals surface area contributed by atoms with Gasteiger partial charge in [-0.1, -0.05) is 36.4 Å². The Hall–Kier alpha value is -3.23. The number of amides is 2. The van der Waals surface area contributed by atoms with Gasteiger partial charge in [0.2, 0.25) is 5.91 Å². The average Bonchev–Trinajstić information content (AvgIpc) is 3.04. The van der Waals surface area contributed by atoms with Crippen molar-refractivity contribution in [2.45, 2.75) is 63.3 Å². The topological polar surface area (TPSA) is 115 Å². The summed E-state index contributed by atoms with van der Waals surface area (Å²) in [7, 11) is 1.59. The standard InChI is InChI=1S/C27H34N4O4/c1-26(2)16-22(32)31(25(28)30-26)21(12-13-35-4)17-9-7-10-18(14-17)24(33)29-23-20-11-6-5-8-19(20)15-27(23,3)34/h5-11,14,21,23,34H,12-13,15-16H2,1-4H3,(H2,28,30)(H,29,33)/t21?,23-,27-/m1/s1. The number of fused-ring (bicyclic) bond motifs is 1. The van der Waals surface area contributed by atoms with Crippen LogP contribution >= 0.6 is 0 Å². The lowest BCUT2D eigenvalue weighted by molar-refractivity contribution is -0.132. The highest BCUT2D eigenvalue weighted by Gasteiger charge is 2.42. The first-order chi connectivity index (χ1) is 16.5. The maximum atomic E-state index is 13.3. The van der Waals surface area contributed by atoms with Crippen molar-refractivity contribution in [1.82, 2.24) is 15.5 Å². The van der Waals surface area contributed by atoms with Crippen LogP contribution in [-0.2, 0) is 16.0 Å². The van der Waals surface area contributed by atoms with Crippen LogP contribution in [0.1, 0.15) is 72.7 Å². The largest absolute Gasteiger partial charge is 0.387 e. The summed E-state index contributed by atoms with van der Waals surface area (Å²) in [5.74, 6) is -0.409. The molecule has 1 heterocycles. The summed E-state index contributed by atoms with van der Waals surface area (Å²) < 4.78 is 5.28. The van der Waals surface area contributed by atoms with Crippen LogP contribution in [0, 0.1) is 5.41 Å². The van der Waals surface area contributed by atoms with Gasteiger partial charge in [0.25, 0.3) is 5.91 Å². The number of rotatable bonds is 7. The third-order valence-electron chi connectivity index (χ3n) is 6.81. The van der Waals surface area contributed by atoms with Crippen LogP contribution in [-0.4, -0.2) is 52.6 Å². The highest BCUT2D eigenvalue weighted by Crippen LogP contribution is 2.39. The minimum atomic E-state index is -1.09. The van der Waals surface area contributed by atoms with E-state index in [0.717, 1.165) is 16.7 Å². The van der Waals surface area contributed by atoms with E-state index >= 15 is 0 Å². The van der Waals surface area contributed by atoms with Gasteiger partial charge in [-0.3, -0.25) is 19.9 Å². The molecular weight excluding hydrogens is 444 g/mol. The minimum Gasteiger partial charge on any atom is -0.387 e. The van der Waals surface area contributed by atoms with Crippen LogP contribution < -0.4 is 10.6 Å². The first-order valence-corrected chi connectivity index (χ1v) is 11.9. The zero-order chi connectivity index (χ0) is 25.4. The molecule has 2 amide bonds. The van der Waals surface area contributed by atoms with Crippen molar-refractivity contribution >= 4 is 17.8 Å². The molecule has 1 unspecified atom stereocenters. The van der Waals surface area contributed by atoms with E-state index in [4.69, 9.17) is 10.1 Å². The Kier molecular flexibility index (Phi) is 6.71. The normalized spacial score (nSPS) is 24.0. The predicted molar refractivity (Wildman–Crippen MR) is 133 cm³/mol. The molecule has 35 heavy (non-hydrogen) atoms. The summed E-state index contributed by atoms with van der Waals surface area (Å²) in [6.07, 6.45) is 1.20. The molecule has 8 heteroatoms. The fourth-order valence-electron chi connectivity index (χ4n) is 5.15. The van der Waals surface area contributed by atoms with Crippen molar-refractivity contribution in [2.75, 3.05) is 13.7 Å². The SMILES string of the molecule is COCCC(c1cccc(C(=O)N[C@@H]2c3ccccc3C[C@@]2(C)O)c1)N1C(=N)NC(C)(C)CC1=O. The summed E-state index contributed by atoms with van der Waals surface area (Å²) in [5, 5.41) is 25.6. The Morgan fingerprint density at radius 2 is 1.97 bits per heavy atom. The highest BCUT2D eigenvalue weighted by atomic mass is 16.5. The van der Waals surface area contributed by atoms with Gasteiger partial charge in [0.15, 0.2) is 5.96 Å². The molecule has 1 fully saturated rings. The second-order valence-corrected chi connectivity index (χ2v) is 10.4. The van der Waals surface area contributed by atoms with Crippen molar-refractivity contribution in [3.8, 4) is 0 Å². The number of nitrogens with zero attached hydrogens (tertiary/aromatic N) is 1. The number of methoxy groups -OCH3 is 1. The van der Waals surface area contributed by atoms with E-state index < -0.39 is 23.2 Å². The predicted octanol–water partition coefficient (Wildman–Crippen LogP) is 3.08. The summed E-state index contributed by atoms with van der Waals surface area (Å²) in [4.78, 5) is 27.8. The molecule has 8 nitrogen and oxygen atoms in total. The molecule has 1 saturated heterocycles. The second-order valence-electron chi connectivity index (χ2n) is 10.4.